The average Bonchev–Trinajstić information content (AvgIpc) is 3.72. The van der Waals surface area contributed by atoms with E-state index in [2.05, 4.69) is 45.1 Å². The van der Waals surface area contributed by atoms with Crippen LogP contribution < -0.4 is 20.5 Å². The molecule has 6 aliphatic carbocycles. The third kappa shape index (κ3) is 8.11. The van der Waals surface area contributed by atoms with Gasteiger partial charge in [0, 0.05) is 10.8 Å². The number of amides is 1. The highest BCUT2D eigenvalue weighted by Gasteiger charge is 2.58. The van der Waals surface area contributed by atoms with Gasteiger partial charge in [-0.3, -0.25) is 9.59 Å². The molecule has 0 radical (unpaired) electrons. The number of ether oxygens (including phenoxy) is 4. The van der Waals surface area contributed by atoms with Crippen molar-refractivity contribution in [3.63, 3.8) is 0 Å². The van der Waals surface area contributed by atoms with Crippen LogP contribution in [0.5, 0.6) is 11.5 Å². The third-order valence-corrected chi connectivity index (χ3v) is 16.4. The van der Waals surface area contributed by atoms with Crippen LogP contribution in [-0.4, -0.2) is 48.8 Å². The first kappa shape index (κ1) is 42.8. The lowest BCUT2D eigenvalue weighted by Gasteiger charge is -2.50. The molecule has 2 aromatic carbocycles. The van der Waals surface area contributed by atoms with Gasteiger partial charge in [-0.25, -0.2) is 9.59 Å². The highest BCUT2D eigenvalue weighted by Crippen LogP contribution is 2.63. The summed E-state index contributed by atoms with van der Waals surface area (Å²) in [6.07, 6.45) is 12.0. The molecule has 12 atom stereocenters. The van der Waals surface area contributed by atoms with Crippen LogP contribution in [0, 0.1) is 46.3 Å². The van der Waals surface area contributed by atoms with E-state index in [0.29, 0.717) is 72.2 Å². The maximum atomic E-state index is 13.8. The Labute approximate surface area is 356 Å². The van der Waals surface area contributed by atoms with Crippen LogP contribution in [0.25, 0.3) is 0 Å². The van der Waals surface area contributed by atoms with Crippen LogP contribution >= 0.6 is 0 Å². The number of benzene rings is 2. The highest BCUT2D eigenvalue weighted by molar-refractivity contribution is 5.83. The van der Waals surface area contributed by atoms with Crippen molar-refractivity contribution in [2.75, 3.05) is 0 Å². The maximum Gasteiger partial charge on any atom is 0.408 e. The average molecular weight is 825 g/mol. The minimum absolute atomic E-state index is 0.0409. The molecular weight excluding hydrogens is 757 g/mol. The molecule has 2 aromatic rings. The van der Waals surface area contributed by atoms with Crippen molar-refractivity contribution in [1.82, 2.24) is 5.32 Å². The molecule has 0 aliphatic heterocycles. The predicted molar refractivity (Wildman–Crippen MR) is 228 cm³/mol. The highest BCUT2D eigenvalue weighted by atomic mass is 16.6. The summed E-state index contributed by atoms with van der Waals surface area (Å²) in [5.74, 6) is 3.72. The summed E-state index contributed by atoms with van der Waals surface area (Å²) in [6, 6.07) is 10.8. The molecule has 4 saturated carbocycles. The third-order valence-electron chi connectivity index (χ3n) is 16.4. The summed E-state index contributed by atoms with van der Waals surface area (Å²) in [5, 5.41) is 2.94. The summed E-state index contributed by atoms with van der Waals surface area (Å²) < 4.78 is 23.6. The maximum absolute atomic E-state index is 13.8. The molecule has 0 aromatic heterocycles. The van der Waals surface area contributed by atoms with Crippen molar-refractivity contribution in [3.8, 4) is 11.5 Å². The smallest absolute Gasteiger partial charge is 0.408 e. The number of nitrogens with two attached hydrogens (primary N) is 1. The fourth-order valence-electron chi connectivity index (χ4n) is 13.6. The van der Waals surface area contributed by atoms with E-state index in [9.17, 15) is 19.2 Å². The molecule has 0 heterocycles. The number of esters is 2. The number of fused-ring (bicyclic) bond motifs is 10. The monoisotopic (exact) mass is 824 g/mol. The Hall–Kier alpha value is -3.92. The first-order valence-electron chi connectivity index (χ1n) is 23.2. The summed E-state index contributed by atoms with van der Waals surface area (Å²) in [6.45, 7) is 13.3. The first-order chi connectivity index (χ1) is 28.7. The SMILES string of the molecule is CC(C)CC(N)C(=O)OC1CCC2C3CCc4cc(OC(=O)C(CC(C)C)NC(=O)OC5CCC6C7CCc8cc(OC=O)ccc8C7CCC56C)ccc4C3CCC12C. The Kier molecular flexibility index (Phi) is 12.2. The van der Waals surface area contributed by atoms with Gasteiger partial charge in [-0.1, -0.05) is 53.7 Å². The minimum Gasteiger partial charge on any atom is -0.461 e. The van der Waals surface area contributed by atoms with Gasteiger partial charge in [0.25, 0.3) is 6.47 Å². The first-order valence-corrected chi connectivity index (χ1v) is 23.2. The fourth-order valence-corrected chi connectivity index (χ4v) is 13.6. The van der Waals surface area contributed by atoms with E-state index in [0.717, 1.165) is 77.0 Å². The molecule has 1 amide bonds. The second-order valence-electron chi connectivity index (χ2n) is 20.8. The standard InChI is InChI=1S/C50H68N2O8/c1-28(2)23-42(51)46(54)59-44-17-15-40-38-12-8-31-26-33(10-14-35(31)37(38)19-21-49(40,44)5)58-47(55)43(24-29(3)4)52-48(56)60-45-18-16-41-39-11-7-30-25-32(57-27-53)9-13-34(30)36(39)20-22-50(41,45)6/h9-10,13-14,25-29,36-45H,7-8,11-12,15-24,51H2,1-6H3,(H,52,56). The molecule has 60 heavy (non-hydrogen) atoms. The Morgan fingerprint density at radius 1 is 0.717 bits per heavy atom. The number of hydrogen-bond acceptors (Lipinski definition) is 9. The van der Waals surface area contributed by atoms with Gasteiger partial charge in [-0.05, 0) is 184 Å². The lowest BCUT2D eigenvalue weighted by molar-refractivity contribution is -0.159. The van der Waals surface area contributed by atoms with Crippen LogP contribution in [0.1, 0.15) is 153 Å². The molecule has 326 valence electrons. The van der Waals surface area contributed by atoms with Crippen LogP contribution in [0.2, 0.25) is 0 Å². The van der Waals surface area contributed by atoms with Gasteiger partial charge < -0.3 is 30.0 Å². The second kappa shape index (κ2) is 17.1. The van der Waals surface area contributed by atoms with Gasteiger partial charge in [0.05, 0.1) is 0 Å². The van der Waals surface area contributed by atoms with Crippen molar-refractivity contribution in [3.05, 3.63) is 58.7 Å². The largest absolute Gasteiger partial charge is 0.461 e. The molecule has 4 fully saturated rings. The summed E-state index contributed by atoms with van der Waals surface area (Å²) in [7, 11) is 0. The number of hydrogen-bond donors (Lipinski definition) is 2. The molecule has 0 spiro atoms. The number of aryl methyl sites for hydroxylation is 2. The van der Waals surface area contributed by atoms with E-state index in [1.54, 1.807) is 0 Å². The van der Waals surface area contributed by atoms with Crippen molar-refractivity contribution < 1.29 is 38.1 Å². The van der Waals surface area contributed by atoms with Crippen molar-refractivity contribution >= 4 is 24.5 Å². The molecule has 8 rings (SSSR count). The van der Waals surface area contributed by atoms with Gasteiger partial charge in [0.1, 0.15) is 35.8 Å². The zero-order valence-corrected chi connectivity index (χ0v) is 36.7. The van der Waals surface area contributed by atoms with Gasteiger partial charge in [-0.15, -0.1) is 0 Å². The van der Waals surface area contributed by atoms with Crippen molar-refractivity contribution in [2.24, 2.45) is 52.1 Å². The van der Waals surface area contributed by atoms with Crippen LogP contribution in [0.3, 0.4) is 0 Å². The second-order valence-corrected chi connectivity index (χ2v) is 20.8. The normalized spacial score (nSPS) is 33.5. The molecule has 10 nitrogen and oxygen atoms in total. The lowest BCUT2D eigenvalue weighted by Crippen LogP contribution is -2.48. The molecule has 10 heteroatoms. The Morgan fingerprint density at radius 3 is 1.80 bits per heavy atom. The molecule has 3 N–H and O–H groups in total. The van der Waals surface area contributed by atoms with E-state index in [1.807, 2.05) is 38.1 Å². The van der Waals surface area contributed by atoms with Crippen LogP contribution in [-0.2, 0) is 36.7 Å². The Bertz CT molecular complexity index is 1950. The number of rotatable bonds is 12. The van der Waals surface area contributed by atoms with E-state index in [4.69, 9.17) is 24.7 Å². The lowest BCUT2D eigenvalue weighted by atomic mass is 9.55. The molecule has 12 unspecified atom stereocenters. The van der Waals surface area contributed by atoms with E-state index in [1.165, 1.54) is 22.3 Å². The Morgan fingerprint density at radius 2 is 1.25 bits per heavy atom. The number of alkyl carbamates (subject to hydrolysis) is 1. The van der Waals surface area contributed by atoms with Gasteiger partial charge in [0.15, 0.2) is 0 Å². The van der Waals surface area contributed by atoms with Crippen molar-refractivity contribution in [2.45, 2.75) is 168 Å². The quantitative estimate of drug-likeness (QED) is 0.122. The van der Waals surface area contributed by atoms with Crippen LogP contribution in [0.15, 0.2) is 36.4 Å². The number of carbonyl (C=O) groups is 4. The zero-order valence-electron chi connectivity index (χ0n) is 36.7. The van der Waals surface area contributed by atoms with E-state index in [-0.39, 0.29) is 34.9 Å². The van der Waals surface area contributed by atoms with Gasteiger partial charge in [0.2, 0.25) is 0 Å². The molecular formula is C50H68N2O8. The summed E-state index contributed by atoms with van der Waals surface area (Å²) in [5.41, 5.74) is 11.3. The van der Waals surface area contributed by atoms with Gasteiger partial charge >= 0.3 is 18.0 Å². The predicted octanol–water partition coefficient (Wildman–Crippen LogP) is 9.33. The molecule has 0 bridgehead atoms. The van der Waals surface area contributed by atoms with Crippen LogP contribution in [0.4, 0.5) is 4.79 Å². The summed E-state index contributed by atoms with van der Waals surface area (Å²) >= 11 is 0. The number of nitrogens with one attached hydrogen (secondary N) is 1. The Balaban J connectivity index is 0.877. The van der Waals surface area contributed by atoms with E-state index >= 15 is 0 Å². The zero-order chi connectivity index (χ0) is 42.5. The minimum atomic E-state index is -0.832. The summed E-state index contributed by atoms with van der Waals surface area (Å²) in [4.78, 5) is 51.3. The van der Waals surface area contributed by atoms with E-state index < -0.39 is 24.1 Å². The van der Waals surface area contributed by atoms with Gasteiger partial charge in [-0.2, -0.15) is 0 Å². The fraction of sp³-hybridized carbons (Fsp3) is 0.680. The molecule has 6 aliphatic rings. The molecule has 0 saturated heterocycles. The number of carbonyl (C=O) groups excluding carboxylic acids is 4. The topological polar surface area (TPSA) is 143 Å². The van der Waals surface area contributed by atoms with Crippen molar-refractivity contribution in [1.29, 1.82) is 0 Å².